The van der Waals surface area contributed by atoms with E-state index in [1.54, 1.807) is 20.8 Å². The van der Waals surface area contributed by atoms with Crippen molar-refractivity contribution in [1.29, 1.82) is 0 Å². The van der Waals surface area contributed by atoms with Gasteiger partial charge in [-0.05, 0) is 52.4 Å². The Balaban J connectivity index is 1.91. The standard InChI is InChI=1S/C15H26N2O4/c1-14(2,3)21-13(20)16-15(12(18)19)6-8-17(9-7-15)10-11-4-5-11/h11H,4-10H2,1-3H3,(H,16,20)(H,18,19). The predicted molar refractivity (Wildman–Crippen MR) is 78.1 cm³/mol. The summed E-state index contributed by atoms with van der Waals surface area (Å²) in [7, 11) is 0. The van der Waals surface area contributed by atoms with Crippen LogP contribution in [0.3, 0.4) is 0 Å². The van der Waals surface area contributed by atoms with Crippen LogP contribution >= 0.6 is 0 Å². The molecule has 120 valence electrons. The second-order valence-electron chi connectivity index (χ2n) is 7.26. The van der Waals surface area contributed by atoms with Gasteiger partial charge in [-0.2, -0.15) is 0 Å². The predicted octanol–water partition coefficient (Wildman–Crippen LogP) is 1.84. The molecule has 1 aliphatic heterocycles. The third-order valence-corrected chi connectivity index (χ3v) is 4.07. The van der Waals surface area contributed by atoms with E-state index >= 15 is 0 Å². The van der Waals surface area contributed by atoms with Crippen LogP contribution in [0.2, 0.25) is 0 Å². The van der Waals surface area contributed by atoms with E-state index in [2.05, 4.69) is 10.2 Å². The number of aliphatic carboxylic acids is 1. The second-order valence-corrected chi connectivity index (χ2v) is 7.26. The fraction of sp³-hybridized carbons (Fsp3) is 0.867. The van der Waals surface area contributed by atoms with E-state index in [1.807, 2.05) is 0 Å². The Morgan fingerprint density at radius 3 is 2.29 bits per heavy atom. The molecule has 0 bridgehead atoms. The minimum absolute atomic E-state index is 0.425. The van der Waals surface area contributed by atoms with Crippen molar-refractivity contribution in [2.45, 2.75) is 57.6 Å². The highest BCUT2D eigenvalue weighted by Crippen LogP contribution is 2.32. The van der Waals surface area contributed by atoms with Gasteiger partial charge >= 0.3 is 12.1 Å². The summed E-state index contributed by atoms with van der Waals surface area (Å²) in [6.45, 7) is 7.76. The molecule has 1 saturated carbocycles. The lowest BCUT2D eigenvalue weighted by molar-refractivity contribution is -0.147. The second kappa shape index (κ2) is 5.83. The SMILES string of the molecule is CC(C)(C)OC(=O)NC1(C(=O)O)CCN(CC2CC2)CC1. The Kier molecular flexibility index (Phi) is 4.46. The number of ether oxygens (including phenoxy) is 1. The van der Waals surface area contributed by atoms with Gasteiger partial charge in [0, 0.05) is 19.6 Å². The number of amides is 1. The number of hydrogen-bond donors (Lipinski definition) is 2. The van der Waals surface area contributed by atoms with Crippen LogP contribution in [0.1, 0.15) is 46.5 Å². The zero-order chi connectivity index (χ0) is 15.7. The maximum atomic E-state index is 11.9. The molecular weight excluding hydrogens is 272 g/mol. The Labute approximate surface area is 125 Å². The molecule has 1 heterocycles. The maximum absolute atomic E-state index is 11.9. The Hall–Kier alpha value is -1.30. The van der Waals surface area contributed by atoms with Gasteiger partial charge in [-0.3, -0.25) is 0 Å². The van der Waals surface area contributed by atoms with E-state index in [0.717, 1.165) is 12.5 Å². The molecule has 6 nitrogen and oxygen atoms in total. The first-order valence-electron chi connectivity index (χ1n) is 7.67. The van der Waals surface area contributed by atoms with Gasteiger partial charge < -0.3 is 20.1 Å². The first kappa shape index (κ1) is 16.1. The van der Waals surface area contributed by atoms with Crippen molar-refractivity contribution in [2.75, 3.05) is 19.6 Å². The summed E-state index contributed by atoms with van der Waals surface area (Å²) >= 11 is 0. The summed E-state index contributed by atoms with van der Waals surface area (Å²) in [5, 5.41) is 12.1. The average Bonchev–Trinajstić information content (AvgIpc) is 3.13. The highest BCUT2D eigenvalue weighted by molar-refractivity contribution is 5.84. The lowest BCUT2D eigenvalue weighted by Crippen LogP contribution is -2.60. The Morgan fingerprint density at radius 1 is 1.29 bits per heavy atom. The van der Waals surface area contributed by atoms with Crippen LogP contribution in [0.25, 0.3) is 0 Å². The molecule has 1 aliphatic carbocycles. The van der Waals surface area contributed by atoms with Crippen LogP contribution in [0.5, 0.6) is 0 Å². The number of carboxylic acids is 1. The van der Waals surface area contributed by atoms with Gasteiger partial charge in [0.2, 0.25) is 0 Å². The average molecular weight is 298 g/mol. The summed E-state index contributed by atoms with van der Waals surface area (Å²) in [4.78, 5) is 25.8. The largest absolute Gasteiger partial charge is 0.480 e. The molecule has 2 N–H and O–H groups in total. The lowest BCUT2D eigenvalue weighted by Gasteiger charge is -2.39. The van der Waals surface area contributed by atoms with Gasteiger partial charge in [-0.25, -0.2) is 9.59 Å². The number of carbonyl (C=O) groups excluding carboxylic acids is 1. The van der Waals surface area contributed by atoms with E-state index < -0.39 is 23.2 Å². The minimum Gasteiger partial charge on any atom is -0.480 e. The van der Waals surface area contributed by atoms with Crippen molar-refractivity contribution < 1.29 is 19.4 Å². The van der Waals surface area contributed by atoms with Crippen molar-refractivity contribution >= 4 is 12.1 Å². The molecule has 2 aliphatic rings. The number of carboxylic acid groups (broad SMARTS) is 1. The highest BCUT2D eigenvalue weighted by Gasteiger charge is 2.44. The molecular formula is C15H26N2O4. The summed E-state index contributed by atoms with van der Waals surface area (Å²) in [6, 6.07) is 0. The molecule has 2 fully saturated rings. The molecule has 0 radical (unpaired) electrons. The molecule has 2 rings (SSSR count). The van der Waals surface area contributed by atoms with Crippen molar-refractivity contribution in [1.82, 2.24) is 10.2 Å². The molecule has 0 aromatic carbocycles. The Morgan fingerprint density at radius 2 is 1.86 bits per heavy atom. The third-order valence-electron chi connectivity index (χ3n) is 4.07. The molecule has 21 heavy (non-hydrogen) atoms. The minimum atomic E-state index is -1.19. The number of alkyl carbamates (subject to hydrolysis) is 1. The van der Waals surface area contributed by atoms with Gasteiger partial charge in [-0.15, -0.1) is 0 Å². The van der Waals surface area contributed by atoms with E-state index in [4.69, 9.17) is 4.74 Å². The summed E-state index contributed by atoms with van der Waals surface area (Å²) in [6.07, 6.45) is 2.77. The van der Waals surface area contributed by atoms with Gasteiger partial charge in [0.05, 0.1) is 0 Å². The van der Waals surface area contributed by atoms with Crippen molar-refractivity contribution in [2.24, 2.45) is 5.92 Å². The van der Waals surface area contributed by atoms with Crippen LogP contribution in [0.15, 0.2) is 0 Å². The van der Waals surface area contributed by atoms with Crippen LogP contribution in [0, 0.1) is 5.92 Å². The first-order valence-corrected chi connectivity index (χ1v) is 7.67. The van der Waals surface area contributed by atoms with Crippen molar-refractivity contribution in [3.8, 4) is 0 Å². The number of piperidine rings is 1. The summed E-state index contributed by atoms with van der Waals surface area (Å²) < 4.78 is 5.19. The zero-order valence-corrected chi connectivity index (χ0v) is 13.1. The van der Waals surface area contributed by atoms with E-state index in [-0.39, 0.29) is 0 Å². The van der Waals surface area contributed by atoms with Gasteiger partial charge in [-0.1, -0.05) is 0 Å². The molecule has 0 aromatic heterocycles. The van der Waals surface area contributed by atoms with Crippen LogP contribution < -0.4 is 5.32 Å². The normalized spacial score (nSPS) is 22.6. The number of carbonyl (C=O) groups is 2. The third kappa shape index (κ3) is 4.59. The van der Waals surface area contributed by atoms with E-state index in [9.17, 15) is 14.7 Å². The van der Waals surface area contributed by atoms with Crippen LogP contribution in [-0.2, 0) is 9.53 Å². The summed E-state index contributed by atoms with van der Waals surface area (Å²) in [5.74, 6) is -0.180. The molecule has 0 atom stereocenters. The summed E-state index contributed by atoms with van der Waals surface area (Å²) in [5.41, 5.74) is -1.82. The fourth-order valence-corrected chi connectivity index (χ4v) is 2.67. The van der Waals surface area contributed by atoms with E-state index in [1.165, 1.54) is 12.8 Å². The first-order chi connectivity index (χ1) is 9.70. The molecule has 1 saturated heterocycles. The van der Waals surface area contributed by atoms with Gasteiger partial charge in [0.25, 0.3) is 0 Å². The fourth-order valence-electron chi connectivity index (χ4n) is 2.67. The van der Waals surface area contributed by atoms with Crippen LogP contribution in [-0.4, -0.2) is 52.8 Å². The molecule has 0 unspecified atom stereocenters. The van der Waals surface area contributed by atoms with Crippen LogP contribution in [0.4, 0.5) is 4.79 Å². The maximum Gasteiger partial charge on any atom is 0.408 e. The zero-order valence-electron chi connectivity index (χ0n) is 13.1. The lowest BCUT2D eigenvalue weighted by atomic mass is 9.87. The molecule has 1 amide bonds. The topological polar surface area (TPSA) is 78.9 Å². The number of nitrogens with zero attached hydrogens (tertiary/aromatic N) is 1. The smallest absolute Gasteiger partial charge is 0.408 e. The Bertz CT molecular complexity index is 404. The highest BCUT2D eigenvalue weighted by atomic mass is 16.6. The number of hydrogen-bond acceptors (Lipinski definition) is 4. The number of rotatable bonds is 4. The quantitative estimate of drug-likeness (QED) is 0.828. The number of likely N-dealkylation sites (tertiary alicyclic amines) is 1. The van der Waals surface area contributed by atoms with Gasteiger partial charge in [0.15, 0.2) is 0 Å². The van der Waals surface area contributed by atoms with Crippen molar-refractivity contribution in [3.63, 3.8) is 0 Å². The monoisotopic (exact) mass is 298 g/mol. The molecule has 0 aromatic rings. The van der Waals surface area contributed by atoms with Gasteiger partial charge in [0.1, 0.15) is 11.1 Å². The molecule has 6 heteroatoms. The number of nitrogens with one attached hydrogen (secondary N) is 1. The van der Waals surface area contributed by atoms with Crippen molar-refractivity contribution in [3.05, 3.63) is 0 Å². The molecule has 0 spiro atoms. The van der Waals surface area contributed by atoms with E-state index in [0.29, 0.717) is 25.9 Å².